The second-order valence-corrected chi connectivity index (χ2v) is 3.56. The molecule has 0 aromatic carbocycles. The molecular weight excluding hydrogens is 222 g/mol. The Balaban J connectivity index is 2.27. The van der Waals surface area contributed by atoms with Crippen LogP contribution in [-0.2, 0) is 4.79 Å². The summed E-state index contributed by atoms with van der Waals surface area (Å²) in [5, 5.41) is 13.6. The smallest absolute Gasteiger partial charge is 0.319 e. The first kappa shape index (κ1) is 13.0. The summed E-state index contributed by atoms with van der Waals surface area (Å²) in [4.78, 5) is 25.6. The molecule has 0 fully saturated rings. The van der Waals surface area contributed by atoms with Gasteiger partial charge in [-0.25, -0.2) is 4.79 Å². The van der Waals surface area contributed by atoms with Gasteiger partial charge in [-0.05, 0) is 25.5 Å². The second kappa shape index (κ2) is 6.47. The van der Waals surface area contributed by atoms with E-state index in [0.717, 1.165) is 5.69 Å². The highest BCUT2D eigenvalue weighted by Crippen LogP contribution is 2.06. The van der Waals surface area contributed by atoms with E-state index in [0.29, 0.717) is 18.7 Å². The lowest BCUT2D eigenvalue weighted by Crippen LogP contribution is -2.29. The van der Waals surface area contributed by atoms with Gasteiger partial charge in [0.05, 0.1) is 0 Å². The molecule has 0 saturated heterocycles. The average Bonchev–Trinajstić information content (AvgIpc) is 2.24. The van der Waals surface area contributed by atoms with Crippen molar-refractivity contribution in [1.29, 1.82) is 0 Å². The Morgan fingerprint density at radius 2 is 2.24 bits per heavy atom. The first-order valence-corrected chi connectivity index (χ1v) is 5.27. The number of aromatic nitrogens is 1. The number of carbonyl (C=O) groups is 2. The van der Waals surface area contributed by atoms with E-state index in [1.54, 1.807) is 18.3 Å². The zero-order valence-electron chi connectivity index (χ0n) is 9.56. The number of rotatable bonds is 5. The minimum absolute atomic E-state index is 0.0502. The summed E-state index contributed by atoms with van der Waals surface area (Å²) in [7, 11) is 0. The fourth-order valence-corrected chi connectivity index (χ4v) is 1.24. The van der Waals surface area contributed by atoms with Crippen molar-refractivity contribution < 1.29 is 14.7 Å². The molecule has 1 aromatic rings. The predicted octanol–water partition coefficient (Wildman–Crippen LogP) is 1.38. The number of carboxylic acid groups (broad SMARTS) is 1. The molecule has 2 amide bonds. The lowest BCUT2D eigenvalue weighted by molar-refractivity contribution is -0.137. The van der Waals surface area contributed by atoms with Gasteiger partial charge in [0, 0.05) is 30.5 Å². The highest BCUT2D eigenvalue weighted by molar-refractivity contribution is 5.89. The van der Waals surface area contributed by atoms with Crippen LogP contribution in [0.5, 0.6) is 0 Å². The number of pyridine rings is 1. The van der Waals surface area contributed by atoms with Crippen LogP contribution in [0.3, 0.4) is 0 Å². The number of urea groups is 1. The molecule has 17 heavy (non-hydrogen) atoms. The molecule has 6 heteroatoms. The maximum absolute atomic E-state index is 11.4. The molecule has 0 spiro atoms. The van der Waals surface area contributed by atoms with E-state index < -0.39 is 5.97 Å². The van der Waals surface area contributed by atoms with Gasteiger partial charge in [0.2, 0.25) is 0 Å². The summed E-state index contributed by atoms with van der Waals surface area (Å²) in [6, 6.07) is 3.08. The molecule has 1 heterocycles. The lowest BCUT2D eigenvalue weighted by atomic mass is 10.3. The number of anilines is 1. The molecule has 92 valence electrons. The highest BCUT2D eigenvalue weighted by Gasteiger charge is 2.02. The Morgan fingerprint density at radius 1 is 1.47 bits per heavy atom. The van der Waals surface area contributed by atoms with Gasteiger partial charge in [-0.1, -0.05) is 0 Å². The van der Waals surface area contributed by atoms with Crippen LogP contribution in [0.15, 0.2) is 18.3 Å². The quantitative estimate of drug-likeness (QED) is 0.674. The van der Waals surface area contributed by atoms with E-state index in [2.05, 4.69) is 15.6 Å². The number of carbonyl (C=O) groups excluding carboxylic acids is 1. The maximum Gasteiger partial charge on any atom is 0.319 e. The van der Waals surface area contributed by atoms with Crippen LogP contribution < -0.4 is 10.6 Å². The third-order valence-electron chi connectivity index (χ3n) is 2.01. The Bertz CT molecular complexity index is 407. The van der Waals surface area contributed by atoms with Crippen molar-refractivity contribution in [3.05, 3.63) is 24.0 Å². The molecular formula is C11H15N3O3. The first-order chi connectivity index (χ1) is 8.08. The predicted molar refractivity (Wildman–Crippen MR) is 62.9 cm³/mol. The third-order valence-corrected chi connectivity index (χ3v) is 2.01. The minimum Gasteiger partial charge on any atom is -0.481 e. The molecule has 0 aliphatic carbocycles. The summed E-state index contributed by atoms with van der Waals surface area (Å²) in [5.41, 5.74) is 1.47. The lowest BCUT2D eigenvalue weighted by Gasteiger charge is -2.07. The second-order valence-electron chi connectivity index (χ2n) is 3.56. The van der Waals surface area contributed by atoms with Crippen molar-refractivity contribution in [2.24, 2.45) is 0 Å². The fraction of sp³-hybridized carbons (Fsp3) is 0.364. The molecule has 3 N–H and O–H groups in total. The van der Waals surface area contributed by atoms with Crippen LogP contribution in [-0.4, -0.2) is 28.6 Å². The highest BCUT2D eigenvalue weighted by atomic mass is 16.4. The molecule has 1 rings (SSSR count). The fourth-order valence-electron chi connectivity index (χ4n) is 1.24. The van der Waals surface area contributed by atoms with Gasteiger partial charge in [-0.15, -0.1) is 0 Å². The van der Waals surface area contributed by atoms with Crippen LogP contribution in [0, 0.1) is 6.92 Å². The first-order valence-electron chi connectivity index (χ1n) is 5.27. The van der Waals surface area contributed by atoms with Crippen LogP contribution in [0.1, 0.15) is 18.5 Å². The Hall–Kier alpha value is -2.11. The average molecular weight is 237 g/mol. The van der Waals surface area contributed by atoms with Gasteiger partial charge in [-0.3, -0.25) is 9.78 Å². The van der Waals surface area contributed by atoms with Crippen LogP contribution in [0.4, 0.5) is 10.5 Å². The van der Waals surface area contributed by atoms with Crippen LogP contribution in [0.2, 0.25) is 0 Å². The summed E-state index contributed by atoms with van der Waals surface area (Å²) in [5.74, 6) is -0.864. The van der Waals surface area contributed by atoms with Crippen LogP contribution >= 0.6 is 0 Å². The van der Waals surface area contributed by atoms with Gasteiger partial charge < -0.3 is 15.7 Å². The molecule has 1 aromatic heterocycles. The van der Waals surface area contributed by atoms with Gasteiger partial charge >= 0.3 is 12.0 Å². The maximum atomic E-state index is 11.4. The monoisotopic (exact) mass is 237 g/mol. The number of carboxylic acids is 1. The Morgan fingerprint density at radius 3 is 2.88 bits per heavy atom. The number of amides is 2. The van der Waals surface area contributed by atoms with Gasteiger partial charge in [0.1, 0.15) is 0 Å². The standard InChI is InChI=1S/C11H15N3O3/c1-8-7-9(4-6-12-8)14-11(17)13-5-2-3-10(15)16/h4,6-7H,2-3,5H2,1H3,(H,15,16)(H2,12,13,14,17). The van der Waals surface area contributed by atoms with Gasteiger partial charge in [-0.2, -0.15) is 0 Å². The van der Waals surface area contributed by atoms with Gasteiger partial charge in [0.25, 0.3) is 0 Å². The van der Waals surface area contributed by atoms with Crippen molar-refractivity contribution in [3.8, 4) is 0 Å². The van der Waals surface area contributed by atoms with Crippen LogP contribution in [0.25, 0.3) is 0 Å². The number of hydrogen-bond donors (Lipinski definition) is 3. The number of aliphatic carboxylic acids is 1. The van der Waals surface area contributed by atoms with Crippen molar-refractivity contribution in [2.45, 2.75) is 19.8 Å². The van der Waals surface area contributed by atoms with Crippen molar-refractivity contribution in [3.63, 3.8) is 0 Å². The number of hydrogen-bond acceptors (Lipinski definition) is 3. The number of nitrogens with zero attached hydrogens (tertiary/aromatic N) is 1. The molecule has 0 bridgehead atoms. The Labute approximate surface area is 99.1 Å². The van der Waals surface area contributed by atoms with E-state index >= 15 is 0 Å². The molecule has 0 radical (unpaired) electrons. The zero-order valence-corrected chi connectivity index (χ0v) is 9.56. The topological polar surface area (TPSA) is 91.3 Å². The summed E-state index contributed by atoms with van der Waals surface area (Å²) in [6.07, 6.45) is 2.07. The molecule has 0 atom stereocenters. The van der Waals surface area contributed by atoms with E-state index in [4.69, 9.17) is 5.11 Å². The third kappa shape index (κ3) is 5.50. The van der Waals surface area contributed by atoms with E-state index in [9.17, 15) is 9.59 Å². The summed E-state index contributed by atoms with van der Waals surface area (Å²) >= 11 is 0. The van der Waals surface area contributed by atoms with E-state index in [-0.39, 0.29) is 12.5 Å². The molecule has 0 aliphatic rings. The number of nitrogens with one attached hydrogen (secondary N) is 2. The normalized spacial score (nSPS) is 9.71. The molecule has 6 nitrogen and oxygen atoms in total. The van der Waals surface area contributed by atoms with E-state index in [1.165, 1.54) is 0 Å². The Kier molecular flexibility index (Phi) is 4.93. The SMILES string of the molecule is Cc1cc(NC(=O)NCCCC(=O)O)ccn1. The summed E-state index contributed by atoms with van der Waals surface area (Å²) < 4.78 is 0. The molecule has 0 saturated carbocycles. The van der Waals surface area contributed by atoms with Crippen molar-refractivity contribution in [1.82, 2.24) is 10.3 Å². The summed E-state index contributed by atoms with van der Waals surface area (Å²) in [6.45, 7) is 2.16. The van der Waals surface area contributed by atoms with E-state index in [1.807, 2.05) is 6.92 Å². The molecule has 0 unspecified atom stereocenters. The number of aryl methyl sites for hydroxylation is 1. The largest absolute Gasteiger partial charge is 0.481 e. The van der Waals surface area contributed by atoms with Gasteiger partial charge in [0.15, 0.2) is 0 Å². The zero-order chi connectivity index (χ0) is 12.7. The van der Waals surface area contributed by atoms with Crippen molar-refractivity contribution in [2.75, 3.05) is 11.9 Å². The minimum atomic E-state index is -0.864. The molecule has 0 aliphatic heterocycles. The van der Waals surface area contributed by atoms with Crippen molar-refractivity contribution >= 4 is 17.7 Å².